The van der Waals surface area contributed by atoms with Gasteiger partial charge in [0.2, 0.25) is 0 Å². The van der Waals surface area contributed by atoms with Crippen molar-refractivity contribution in [2.24, 2.45) is 7.05 Å². The molecular weight excluding hydrogens is 345 g/mol. The Kier molecular flexibility index (Phi) is 3.08. The van der Waals surface area contributed by atoms with E-state index in [1.54, 1.807) is 6.07 Å². The van der Waals surface area contributed by atoms with Gasteiger partial charge in [0.25, 0.3) is 0 Å². The number of pyridine rings is 1. The molecule has 2 aromatic heterocycles. The van der Waals surface area contributed by atoms with Crippen LogP contribution in [-0.2, 0) is 7.05 Å². The molecule has 1 aliphatic carbocycles. The summed E-state index contributed by atoms with van der Waals surface area (Å²) in [5.41, 5.74) is 4.48. The summed E-state index contributed by atoms with van der Waals surface area (Å²) in [7, 11) is 1.90. The third-order valence-electron chi connectivity index (χ3n) is 4.17. The van der Waals surface area contributed by atoms with Crippen LogP contribution in [0.4, 0.5) is 4.39 Å². The summed E-state index contributed by atoms with van der Waals surface area (Å²) in [6.07, 6.45) is 2.41. The normalized spacial score (nSPS) is 14.7. The molecule has 0 atom stereocenters. The van der Waals surface area contributed by atoms with E-state index in [0.29, 0.717) is 17.3 Å². The number of nitrogens with zero attached hydrogens (tertiary/aromatic N) is 3. The zero-order chi connectivity index (χ0) is 15.4. The number of hydrogen-bond acceptors (Lipinski definition) is 2. The molecule has 0 N–H and O–H groups in total. The Morgan fingerprint density at radius 2 is 2.00 bits per heavy atom. The summed E-state index contributed by atoms with van der Waals surface area (Å²) in [5, 5.41) is 0. The molecule has 1 aliphatic rings. The van der Waals surface area contributed by atoms with Crippen molar-refractivity contribution in [1.82, 2.24) is 14.5 Å². The van der Waals surface area contributed by atoms with Crippen LogP contribution in [0.2, 0.25) is 0 Å². The molecule has 1 fully saturated rings. The van der Waals surface area contributed by atoms with Crippen molar-refractivity contribution < 1.29 is 4.39 Å². The Labute approximate surface area is 136 Å². The quantitative estimate of drug-likeness (QED) is 0.662. The molecule has 3 nitrogen and oxygen atoms in total. The Morgan fingerprint density at radius 3 is 2.68 bits per heavy atom. The molecular formula is C17H15BrFN3. The Morgan fingerprint density at radius 1 is 1.23 bits per heavy atom. The highest BCUT2D eigenvalue weighted by molar-refractivity contribution is 9.10. The molecule has 1 saturated carbocycles. The van der Waals surface area contributed by atoms with Gasteiger partial charge in [0.1, 0.15) is 17.2 Å². The first-order chi connectivity index (χ1) is 10.5. The monoisotopic (exact) mass is 359 g/mol. The highest BCUT2D eigenvalue weighted by atomic mass is 79.9. The van der Waals surface area contributed by atoms with Gasteiger partial charge in [-0.1, -0.05) is 15.9 Å². The zero-order valence-electron chi connectivity index (χ0n) is 12.4. The Hall–Kier alpha value is -1.75. The van der Waals surface area contributed by atoms with Crippen molar-refractivity contribution in [2.45, 2.75) is 25.7 Å². The van der Waals surface area contributed by atoms with Crippen molar-refractivity contribution in [3.05, 3.63) is 45.8 Å². The fourth-order valence-electron chi connectivity index (χ4n) is 2.92. The Balaban J connectivity index is 1.99. The van der Waals surface area contributed by atoms with Crippen LogP contribution in [0.15, 0.2) is 28.7 Å². The van der Waals surface area contributed by atoms with Crippen molar-refractivity contribution in [1.29, 1.82) is 0 Å². The molecule has 2 heterocycles. The molecule has 22 heavy (non-hydrogen) atoms. The first-order valence-electron chi connectivity index (χ1n) is 7.34. The lowest BCUT2D eigenvalue weighted by Gasteiger charge is -2.04. The average molecular weight is 360 g/mol. The van der Waals surface area contributed by atoms with Gasteiger partial charge in [0.05, 0.1) is 5.56 Å². The first kappa shape index (κ1) is 13.9. The number of aromatic nitrogens is 3. The van der Waals surface area contributed by atoms with Crippen molar-refractivity contribution >= 4 is 27.1 Å². The van der Waals surface area contributed by atoms with Crippen LogP contribution in [0, 0.1) is 12.7 Å². The number of rotatable bonds is 2. The van der Waals surface area contributed by atoms with Crippen LogP contribution < -0.4 is 0 Å². The maximum atomic E-state index is 14.3. The van der Waals surface area contributed by atoms with Crippen LogP contribution >= 0.6 is 15.9 Å². The van der Waals surface area contributed by atoms with Gasteiger partial charge in [-0.15, -0.1) is 0 Å². The largest absolute Gasteiger partial charge is 0.312 e. The number of fused-ring (bicyclic) bond motifs is 1. The van der Waals surface area contributed by atoms with Gasteiger partial charge in [0.15, 0.2) is 5.65 Å². The molecule has 0 unspecified atom stereocenters. The molecule has 0 aliphatic heterocycles. The van der Waals surface area contributed by atoms with Crippen LogP contribution in [0.5, 0.6) is 0 Å². The lowest BCUT2D eigenvalue weighted by Crippen LogP contribution is -1.97. The second-order valence-corrected chi connectivity index (χ2v) is 6.83. The van der Waals surface area contributed by atoms with Gasteiger partial charge in [-0.2, -0.15) is 0 Å². The van der Waals surface area contributed by atoms with E-state index in [1.807, 2.05) is 24.6 Å². The highest BCUT2D eigenvalue weighted by Crippen LogP contribution is 2.43. The third-order valence-corrected chi connectivity index (χ3v) is 4.67. The summed E-state index contributed by atoms with van der Waals surface area (Å²) < 4.78 is 16.9. The van der Waals surface area contributed by atoms with E-state index in [1.165, 1.54) is 24.5 Å². The summed E-state index contributed by atoms with van der Waals surface area (Å²) in [6, 6.07) is 7.17. The second-order valence-electron chi connectivity index (χ2n) is 5.92. The van der Waals surface area contributed by atoms with Crippen LogP contribution in [0.3, 0.4) is 0 Å². The summed E-state index contributed by atoms with van der Waals surface area (Å²) in [6.45, 7) is 2.00. The number of benzene rings is 1. The summed E-state index contributed by atoms with van der Waals surface area (Å²) in [4.78, 5) is 9.33. The lowest BCUT2D eigenvalue weighted by molar-refractivity contribution is 0.628. The smallest absolute Gasteiger partial charge is 0.160 e. The van der Waals surface area contributed by atoms with E-state index in [4.69, 9.17) is 4.98 Å². The molecule has 4 rings (SSSR count). The predicted molar refractivity (Wildman–Crippen MR) is 88.3 cm³/mol. The average Bonchev–Trinajstić information content (AvgIpc) is 3.25. The fraction of sp³-hybridized carbons (Fsp3) is 0.294. The van der Waals surface area contributed by atoms with E-state index in [-0.39, 0.29) is 5.82 Å². The van der Waals surface area contributed by atoms with Gasteiger partial charge in [-0.3, -0.25) is 0 Å². The minimum atomic E-state index is -0.280. The maximum absolute atomic E-state index is 14.3. The van der Waals surface area contributed by atoms with Crippen LogP contribution in [0.1, 0.15) is 30.0 Å². The molecule has 0 saturated heterocycles. The molecule has 5 heteroatoms. The van der Waals surface area contributed by atoms with E-state index in [9.17, 15) is 4.39 Å². The number of imidazole rings is 1. The van der Waals surface area contributed by atoms with Crippen molar-refractivity contribution in [3.8, 4) is 11.4 Å². The third kappa shape index (κ3) is 2.15. The van der Waals surface area contributed by atoms with Gasteiger partial charge in [0, 0.05) is 17.2 Å². The molecule has 3 aromatic rings. The standard InChI is InChI=1S/C17H15BrFN3/c1-9-7-13(10-3-4-10)15-17(20-9)22(2)16(21-15)12-6-5-11(18)8-14(12)19/h5-8,10H,3-4H2,1-2H3. The molecule has 0 radical (unpaired) electrons. The maximum Gasteiger partial charge on any atom is 0.160 e. The van der Waals surface area contributed by atoms with Gasteiger partial charge in [-0.25, -0.2) is 14.4 Å². The van der Waals surface area contributed by atoms with E-state index >= 15 is 0 Å². The second kappa shape index (κ2) is 4.88. The number of aryl methyl sites for hydroxylation is 2. The SMILES string of the molecule is Cc1cc(C2CC2)c2nc(-c3ccc(Br)cc3F)n(C)c2n1. The van der Waals surface area contributed by atoms with E-state index in [0.717, 1.165) is 21.3 Å². The number of halogens is 2. The minimum Gasteiger partial charge on any atom is -0.312 e. The predicted octanol–water partition coefficient (Wildman–Crippen LogP) is 4.72. The van der Waals surface area contributed by atoms with E-state index < -0.39 is 0 Å². The van der Waals surface area contributed by atoms with Crippen LogP contribution in [0.25, 0.3) is 22.6 Å². The lowest BCUT2D eigenvalue weighted by atomic mass is 10.1. The summed E-state index contributed by atoms with van der Waals surface area (Å²) >= 11 is 3.29. The van der Waals surface area contributed by atoms with Gasteiger partial charge < -0.3 is 4.57 Å². The van der Waals surface area contributed by atoms with Crippen LogP contribution in [-0.4, -0.2) is 14.5 Å². The molecule has 1 aromatic carbocycles. The van der Waals surface area contributed by atoms with Gasteiger partial charge >= 0.3 is 0 Å². The summed E-state index contributed by atoms with van der Waals surface area (Å²) in [5.74, 6) is 0.930. The van der Waals surface area contributed by atoms with Gasteiger partial charge in [-0.05, 0) is 55.5 Å². The molecule has 0 bridgehead atoms. The number of hydrogen-bond donors (Lipinski definition) is 0. The van der Waals surface area contributed by atoms with Crippen molar-refractivity contribution in [3.63, 3.8) is 0 Å². The zero-order valence-corrected chi connectivity index (χ0v) is 14.0. The molecule has 112 valence electrons. The molecule has 0 spiro atoms. The highest BCUT2D eigenvalue weighted by Gasteiger charge is 2.28. The Bertz CT molecular complexity index is 897. The van der Waals surface area contributed by atoms with Crippen molar-refractivity contribution in [2.75, 3.05) is 0 Å². The molecule has 0 amide bonds. The van der Waals surface area contributed by atoms with E-state index in [2.05, 4.69) is 27.0 Å². The fourth-order valence-corrected chi connectivity index (χ4v) is 3.25. The first-order valence-corrected chi connectivity index (χ1v) is 8.13. The minimum absolute atomic E-state index is 0.280. The topological polar surface area (TPSA) is 30.7 Å².